The summed E-state index contributed by atoms with van der Waals surface area (Å²) >= 11 is 0. The lowest BCUT2D eigenvalue weighted by Crippen LogP contribution is -2.22. The van der Waals surface area contributed by atoms with Crippen LogP contribution in [0.2, 0.25) is 0 Å². The summed E-state index contributed by atoms with van der Waals surface area (Å²) in [5.74, 6) is 1.53. The lowest BCUT2D eigenvalue weighted by atomic mass is 10.2. The van der Waals surface area contributed by atoms with E-state index < -0.39 is 0 Å². The molecule has 0 aliphatic rings. The molecule has 0 radical (unpaired) electrons. The maximum Gasteiger partial charge on any atom is 0.159 e. The van der Waals surface area contributed by atoms with Crippen molar-refractivity contribution in [3.8, 4) is 17.1 Å². The lowest BCUT2D eigenvalue weighted by Gasteiger charge is -2.23. The molecule has 0 saturated carbocycles. The van der Waals surface area contributed by atoms with Crippen molar-refractivity contribution in [3.63, 3.8) is 0 Å². The highest BCUT2D eigenvalue weighted by Gasteiger charge is 2.13. The van der Waals surface area contributed by atoms with Crippen LogP contribution >= 0.6 is 0 Å². The summed E-state index contributed by atoms with van der Waals surface area (Å²) in [6, 6.07) is 9.84. The van der Waals surface area contributed by atoms with Crippen LogP contribution in [0.15, 0.2) is 55.2 Å². The summed E-state index contributed by atoms with van der Waals surface area (Å²) in [6.07, 6.45) is 7.08. The summed E-state index contributed by atoms with van der Waals surface area (Å²) in [7, 11) is 3.71. The van der Waals surface area contributed by atoms with E-state index in [9.17, 15) is 0 Å². The van der Waals surface area contributed by atoms with E-state index in [0.29, 0.717) is 5.82 Å². The Kier molecular flexibility index (Phi) is 5.30. The zero-order valence-corrected chi connectivity index (χ0v) is 14.6. The number of benzene rings is 1. The van der Waals surface area contributed by atoms with Gasteiger partial charge in [-0.15, -0.1) is 0 Å². The SMILES string of the molecule is COc1ccc(-c2ncc(CN(C)[C@@H](C)c3ccncn3)cn2)cc1. The van der Waals surface area contributed by atoms with E-state index in [0.717, 1.165) is 29.1 Å². The van der Waals surface area contributed by atoms with Gasteiger partial charge in [-0.25, -0.2) is 19.9 Å². The smallest absolute Gasteiger partial charge is 0.159 e. The molecule has 0 saturated heterocycles. The van der Waals surface area contributed by atoms with Crippen molar-refractivity contribution in [2.24, 2.45) is 0 Å². The molecule has 0 aliphatic carbocycles. The van der Waals surface area contributed by atoms with Gasteiger partial charge in [0.05, 0.1) is 12.8 Å². The van der Waals surface area contributed by atoms with E-state index in [4.69, 9.17) is 4.74 Å². The molecular formula is C19H21N5O. The minimum Gasteiger partial charge on any atom is -0.497 e. The van der Waals surface area contributed by atoms with Crippen LogP contribution in [0.25, 0.3) is 11.4 Å². The molecule has 0 unspecified atom stereocenters. The van der Waals surface area contributed by atoms with Crippen molar-refractivity contribution in [3.05, 3.63) is 66.5 Å². The second-order valence-electron chi connectivity index (χ2n) is 5.87. The zero-order valence-electron chi connectivity index (χ0n) is 14.6. The van der Waals surface area contributed by atoms with Crippen LogP contribution in [0.5, 0.6) is 5.75 Å². The average molecular weight is 335 g/mol. The molecule has 3 aromatic rings. The molecule has 25 heavy (non-hydrogen) atoms. The summed E-state index contributed by atoms with van der Waals surface area (Å²) in [4.78, 5) is 19.5. The van der Waals surface area contributed by atoms with Crippen LogP contribution in [-0.2, 0) is 6.54 Å². The predicted molar refractivity (Wildman–Crippen MR) is 95.9 cm³/mol. The van der Waals surface area contributed by atoms with Crippen LogP contribution in [-0.4, -0.2) is 39.0 Å². The van der Waals surface area contributed by atoms with Gasteiger partial charge in [0.15, 0.2) is 5.82 Å². The molecular weight excluding hydrogens is 314 g/mol. The molecule has 6 nitrogen and oxygen atoms in total. The van der Waals surface area contributed by atoms with Crippen molar-refractivity contribution >= 4 is 0 Å². The molecule has 0 spiro atoms. The predicted octanol–water partition coefficient (Wildman–Crippen LogP) is 3.14. The molecule has 2 heterocycles. The van der Waals surface area contributed by atoms with Gasteiger partial charge in [-0.3, -0.25) is 4.90 Å². The second-order valence-corrected chi connectivity index (χ2v) is 5.87. The molecule has 0 aliphatic heterocycles. The quantitative estimate of drug-likeness (QED) is 0.689. The van der Waals surface area contributed by atoms with Crippen molar-refractivity contribution < 1.29 is 4.74 Å². The average Bonchev–Trinajstić information content (AvgIpc) is 2.68. The van der Waals surface area contributed by atoms with Gasteiger partial charge in [-0.1, -0.05) is 0 Å². The fourth-order valence-corrected chi connectivity index (χ4v) is 2.52. The third kappa shape index (κ3) is 4.16. The fraction of sp³-hybridized carbons (Fsp3) is 0.263. The van der Waals surface area contributed by atoms with Gasteiger partial charge < -0.3 is 4.74 Å². The monoisotopic (exact) mass is 335 g/mol. The van der Waals surface area contributed by atoms with Gasteiger partial charge >= 0.3 is 0 Å². The molecule has 0 bridgehead atoms. The fourth-order valence-electron chi connectivity index (χ4n) is 2.52. The van der Waals surface area contributed by atoms with Crippen LogP contribution < -0.4 is 4.74 Å². The molecule has 0 amide bonds. The van der Waals surface area contributed by atoms with Gasteiger partial charge in [-0.05, 0) is 44.3 Å². The topological polar surface area (TPSA) is 64.0 Å². The first-order valence-electron chi connectivity index (χ1n) is 8.09. The Morgan fingerprint density at radius 3 is 2.36 bits per heavy atom. The van der Waals surface area contributed by atoms with Gasteiger partial charge in [0.1, 0.15) is 12.1 Å². The van der Waals surface area contributed by atoms with Gasteiger partial charge in [-0.2, -0.15) is 0 Å². The second kappa shape index (κ2) is 7.81. The molecule has 2 aromatic heterocycles. The minimum absolute atomic E-state index is 0.185. The number of nitrogens with zero attached hydrogens (tertiary/aromatic N) is 5. The molecule has 0 N–H and O–H groups in total. The molecule has 6 heteroatoms. The third-order valence-electron chi connectivity index (χ3n) is 4.18. The number of aromatic nitrogens is 4. The summed E-state index contributed by atoms with van der Waals surface area (Å²) in [6.45, 7) is 2.86. The Morgan fingerprint density at radius 1 is 1.04 bits per heavy atom. The summed E-state index contributed by atoms with van der Waals surface area (Å²) in [5, 5.41) is 0. The first-order valence-corrected chi connectivity index (χ1v) is 8.09. The van der Waals surface area contributed by atoms with E-state index in [1.165, 1.54) is 0 Å². The molecule has 3 rings (SSSR count). The van der Waals surface area contributed by atoms with E-state index in [-0.39, 0.29) is 6.04 Å². The summed E-state index contributed by atoms with van der Waals surface area (Å²) < 4.78 is 5.17. The summed E-state index contributed by atoms with van der Waals surface area (Å²) in [5.41, 5.74) is 3.02. The lowest BCUT2D eigenvalue weighted by molar-refractivity contribution is 0.248. The highest BCUT2D eigenvalue weighted by atomic mass is 16.5. The molecule has 0 fully saturated rings. The first-order chi connectivity index (χ1) is 12.2. The van der Waals surface area contributed by atoms with Gasteiger partial charge in [0, 0.05) is 42.3 Å². The highest BCUT2D eigenvalue weighted by Crippen LogP contribution is 2.20. The van der Waals surface area contributed by atoms with Crippen LogP contribution in [0.3, 0.4) is 0 Å². The number of rotatable bonds is 6. The van der Waals surface area contributed by atoms with Gasteiger partial charge in [0.25, 0.3) is 0 Å². The Bertz CT molecular complexity index is 790. The van der Waals surface area contributed by atoms with E-state index >= 15 is 0 Å². The van der Waals surface area contributed by atoms with Crippen LogP contribution in [0.4, 0.5) is 0 Å². The molecule has 1 atom stereocenters. The normalized spacial score (nSPS) is 12.2. The number of hydrogen-bond acceptors (Lipinski definition) is 6. The minimum atomic E-state index is 0.185. The number of methoxy groups -OCH3 is 1. The largest absolute Gasteiger partial charge is 0.497 e. The standard InChI is InChI=1S/C19H21N5O/c1-14(18-8-9-20-13-23-18)24(2)12-15-10-21-19(22-11-15)16-4-6-17(25-3)7-5-16/h4-11,13-14H,12H2,1-3H3/t14-/m0/s1. The third-order valence-corrected chi connectivity index (χ3v) is 4.18. The van der Waals surface area contributed by atoms with Gasteiger partial charge in [0.2, 0.25) is 0 Å². The zero-order chi connectivity index (χ0) is 17.6. The molecule has 128 valence electrons. The maximum absolute atomic E-state index is 5.17. The first kappa shape index (κ1) is 17.0. The Morgan fingerprint density at radius 2 is 1.76 bits per heavy atom. The van der Waals surface area contributed by atoms with Crippen molar-refractivity contribution in [2.75, 3.05) is 14.2 Å². The molecule has 1 aromatic carbocycles. The Hall–Kier alpha value is -2.86. The Labute approximate surface area is 147 Å². The van der Waals surface area contributed by atoms with Crippen molar-refractivity contribution in [2.45, 2.75) is 19.5 Å². The van der Waals surface area contributed by atoms with E-state index in [2.05, 4.69) is 38.8 Å². The van der Waals surface area contributed by atoms with Crippen molar-refractivity contribution in [1.82, 2.24) is 24.8 Å². The van der Waals surface area contributed by atoms with Crippen LogP contribution in [0, 0.1) is 0 Å². The van der Waals surface area contributed by atoms with Crippen LogP contribution in [0.1, 0.15) is 24.2 Å². The Balaban J connectivity index is 1.67. The maximum atomic E-state index is 5.17. The number of hydrogen-bond donors (Lipinski definition) is 0. The van der Waals surface area contributed by atoms with E-state index in [1.807, 2.05) is 42.7 Å². The highest BCUT2D eigenvalue weighted by molar-refractivity contribution is 5.55. The number of ether oxygens (including phenoxy) is 1. The van der Waals surface area contributed by atoms with E-state index in [1.54, 1.807) is 19.6 Å². The van der Waals surface area contributed by atoms with Crippen molar-refractivity contribution in [1.29, 1.82) is 0 Å².